The Balaban J connectivity index is 1.55. The molecule has 18 heavy (non-hydrogen) atoms. The van der Waals surface area contributed by atoms with Gasteiger partial charge in [-0.3, -0.25) is 0 Å². The lowest BCUT2D eigenvalue weighted by Gasteiger charge is -2.46. The van der Waals surface area contributed by atoms with Crippen molar-refractivity contribution in [1.29, 1.82) is 0 Å². The predicted molar refractivity (Wildman–Crippen MR) is 74.6 cm³/mol. The normalized spacial score (nSPS) is 41.4. The van der Waals surface area contributed by atoms with Crippen molar-refractivity contribution in [3.63, 3.8) is 0 Å². The second kappa shape index (κ2) is 4.97. The molecule has 3 aliphatic rings. The molecule has 102 valence electrons. The summed E-state index contributed by atoms with van der Waals surface area (Å²) in [6, 6.07) is 1.43. The van der Waals surface area contributed by atoms with Gasteiger partial charge in [-0.15, -0.1) is 0 Å². The Morgan fingerprint density at radius 1 is 1.33 bits per heavy atom. The molecule has 2 nitrogen and oxygen atoms in total. The fourth-order valence-corrected chi connectivity index (χ4v) is 4.12. The van der Waals surface area contributed by atoms with Gasteiger partial charge in [-0.2, -0.15) is 0 Å². The quantitative estimate of drug-likeness (QED) is 0.772. The van der Waals surface area contributed by atoms with Crippen molar-refractivity contribution < 1.29 is 4.74 Å². The summed E-state index contributed by atoms with van der Waals surface area (Å²) >= 11 is 0. The van der Waals surface area contributed by atoms with Gasteiger partial charge >= 0.3 is 0 Å². The highest BCUT2D eigenvalue weighted by atomic mass is 16.5. The largest absolute Gasteiger partial charge is 0.375 e. The van der Waals surface area contributed by atoms with E-state index in [0.29, 0.717) is 6.04 Å². The Morgan fingerprint density at radius 3 is 2.89 bits per heavy atom. The molecule has 1 saturated carbocycles. The highest BCUT2D eigenvalue weighted by Gasteiger charge is 2.43. The fraction of sp³-hybridized carbons (Fsp3) is 0.875. The van der Waals surface area contributed by atoms with Crippen LogP contribution in [0.2, 0.25) is 0 Å². The minimum atomic E-state index is 0.157. The maximum Gasteiger partial charge on any atom is 0.0692 e. The van der Waals surface area contributed by atoms with Crippen LogP contribution in [-0.2, 0) is 4.74 Å². The molecule has 0 aromatic carbocycles. The molecule has 0 bridgehead atoms. The zero-order valence-electron chi connectivity index (χ0n) is 11.8. The first-order chi connectivity index (χ1) is 8.76. The Hall–Kier alpha value is -0.340. The molecule has 0 amide bonds. The Kier molecular flexibility index (Phi) is 3.50. The van der Waals surface area contributed by atoms with Gasteiger partial charge in [0, 0.05) is 18.7 Å². The van der Waals surface area contributed by atoms with E-state index in [-0.39, 0.29) is 5.60 Å². The lowest BCUT2D eigenvalue weighted by Crippen LogP contribution is -2.55. The number of rotatable bonds is 4. The summed E-state index contributed by atoms with van der Waals surface area (Å²) in [6.45, 7) is 5.48. The van der Waals surface area contributed by atoms with Crippen LogP contribution in [0.4, 0.5) is 0 Å². The molecule has 1 heterocycles. The third-order valence-electron chi connectivity index (χ3n) is 5.59. The van der Waals surface area contributed by atoms with Crippen molar-refractivity contribution in [3.8, 4) is 0 Å². The van der Waals surface area contributed by atoms with Crippen LogP contribution in [0.1, 0.15) is 52.4 Å². The standard InChI is InChI=1S/C16H27NO/c1-3-16(4-2)11-13(8-9-18-16)17-15-10-12-6-5-7-14(12)15/h5,7,12-15,17H,3-4,6,8-11H2,1-2H3. The van der Waals surface area contributed by atoms with Gasteiger partial charge in [-0.05, 0) is 50.4 Å². The van der Waals surface area contributed by atoms with Gasteiger partial charge < -0.3 is 10.1 Å². The van der Waals surface area contributed by atoms with E-state index >= 15 is 0 Å². The zero-order valence-corrected chi connectivity index (χ0v) is 11.8. The van der Waals surface area contributed by atoms with Crippen LogP contribution < -0.4 is 5.32 Å². The molecule has 2 fully saturated rings. The third-order valence-corrected chi connectivity index (χ3v) is 5.59. The maximum atomic E-state index is 6.06. The van der Waals surface area contributed by atoms with Gasteiger partial charge in [0.05, 0.1) is 5.60 Å². The molecule has 0 radical (unpaired) electrons. The molecule has 4 atom stereocenters. The average Bonchev–Trinajstić information content (AvgIpc) is 2.77. The van der Waals surface area contributed by atoms with Crippen molar-refractivity contribution in [1.82, 2.24) is 5.32 Å². The first-order valence-corrected chi connectivity index (χ1v) is 7.83. The van der Waals surface area contributed by atoms with Crippen molar-refractivity contribution in [2.45, 2.75) is 70.1 Å². The first kappa shape index (κ1) is 12.7. The van der Waals surface area contributed by atoms with Crippen molar-refractivity contribution in [2.24, 2.45) is 11.8 Å². The zero-order chi connectivity index (χ0) is 12.6. The van der Waals surface area contributed by atoms with Gasteiger partial charge in [-0.25, -0.2) is 0 Å². The highest BCUT2D eigenvalue weighted by molar-refractivity contribution is 5.13. The lowest BCUT2D eigenvalue weighted by molar-refractivity contribution is -0.0964. The van der Waals surface area contributed by atoms with Crippen molar-refractivity contribution >= 4 is 0 Å². The van der Waals surface area contributed by atoms with Gasteiger partial charge in [0.15, 0.2) is 0 Å². The Bertz CT molecular complexity index is 321. The number of ether oxygens (including phenoxy) is 1. The van der Waals surface area contributed by atoms with Gasteiger partial charge in [-0.1, -0.05) is 26.0 Å². The van der Waals surface area contributed by atoms with Gasteiger partial charge in [0.2, 0.25) is 0 Å². The summed E-state index contributed by atoms with van der Waals surface area (Å²) in [7, 11) is 0. The van der Waals surface area contributed by atoms with Crippen LogP contribution in [-0.4, -0.2) is 24.3 Å². The molecule has 0 aromatic rings. The number of nitrogens with one attached hydrogen (secondary N) is 1. The minimum Gasteiger partial charge on any atom is -0.375 e. The SMILES string of the molecule is CCC1(CC)CC(NC2CC3CC=CC32)CCO1. The van der Waals surface area contributed by atoms with Crippen LogP contribution in [0, 0.1) is 11.8 Å². The van der Waals surface area contributed by atoms with Crippen molar-refractivity contribution in [3.05, 3.63) is 12.2 Å². The predicted octanol–water partition coefficient (Wildman–Crippen LogP) is 3.28. The van der Waals surface area contributed by atoms with E-state index in [0.717, 1.165) is 37.3 Å². The van der Waals surface area contributed by atoms with Crippen LogP contribution in [0.25, 0.3) is 0 Å². The summed E-state index contributed by atoms with van der Waals surface area (Å²) in [4.78, 5) is 0. The van der Waals surface area contributed by atoms with Gasteiger partial charge in [0.1, 0.15) is 0 Å². The second-order valence-corrected chi connectivity index (χ2v) is 6.44. The first-order valence-electron chi connectivity index (χ1n) is 7.83. The van der Waals surface area contributed by atoms with E-state index in [2.05, 4.69) is 31.3 Å². The molecular weight excluding hydrogens is 222 g/mol. The van der Waals surface area contributed by atoms with Crippen LogP contribution >= 0.6 is 0 Å². The van der Waals surface area contributed by atoms with E-state index < -0.39 is 0 Å². The smallest absolute Gasteiger partial charge is 0.0692 e. The fourth-order valence-electron chi connectivity index (χ4n) is 4.12. The molecule has 1 saturated heterocycles. The monoisotopic (exact) mass is 249 g/mol. The Labute approximate surface area is 111 Å². The molecule has 0 spiro atoms. The second-order valence-electron chi connectivity index (χ2n) is 6.44. The summed E-state index contributed by atoms with van der Waals surface area (Å²) in [5.74, 6) is 1.80. The topological polar surface area (TPSA) is 21.3 Å². The molecular formula is C16H27NO. The maximum absolute atomic E-state index is 6.06. The summed E-state index contributed by atoms with van der Waals surface area (Å²) < 4.78 is 6.06. The number of hydrogen-bond donors (Lipinski definition) is 1. The van der Waals surface area contributed by atoms with Crippen LogP contribution in [0.15, 0.2) is 12.2 Å². The number of allylic oxidation sites excluding steroid dienone is 1. The van der Waals surface area contributed by atoms with E-state index in [1.807, 2.05) is 0 Å². The summed E-state index contributed by atoms with van der Waals surface area (Å²) in [5, 5.41) is 3.92. The minimum absolute atomic E-state index is 0.157. The molecule has 1 aliphatic heterocycles. The van der Waals surface area contributed by atoms with Crippen LogP contribution in [0.3, 0.4) is 0 Å². The highest BCUT2D eigenvalue weighted by Crippen LogP contribution is 2.43. The van der Waals surface area contributed by atoms with Crippen molar-refractivity contribution in [2.75, 3.05) is 6.61 Å². The van der Waals surface area contributed by atoms with Crippen LogP contribution in [0.5, 0.6) is 0 Å². The third kappa shape index (κ3) is 2.14. The summed E-state index contributed by atoms with van der Waals surface area (Å²) in [6.07, 6.45) is 12.2. The number of fused-ring (bicyclic) bond motifs is 1. The molecule has 2 aliphatic carbocycles. The molecule has 2 heteroatoms. The molecule has 4 unspecified atom stereocenters. The number of hydrogen-bond acceptors (Lipinski definition) is 2. The molecule has 0 aromatic heterocycles. The molecule has 3 rings (SSSR count). The van der Waals surface area contributed by atoms with E-state index in [1.165, 1.54) is 25.7 Å². The lowest BCUT2D eigenvalue weighted by atomic mass is 9.70. The van der Waals surface area contributed by atoms with E-state index in [9.17, 15) is 0 Å². The Morgan fingerprint density at radius 2 is 2.17 bits per heavy atom. The average molecular weight is 249 g/mol. The van der Waals surface area contributed by atoms with Gasteiger partial charge in [0.25, 0.3) is 0 Å². The van der Waals surface area contributed by atoms with E-state index in [1.54, 1.807) is 0 Å². The van der Waals surface area contributed by atoms with E-state index in [4.69, 9.17) is 4.74 Å². The summed E-state index contributed by atoms with van der Waals surface area (Å²) in [5.41, 5.74) is 0.157. The molecule has 1 N–H and O–H groups in total.